The van der Waals surface area contributed by atoms with E-state index in [2.05, 4.69) is 54.4 Å². The molecular weight excluding hydrogens is 308 g/mol. The van der Waals surface area contributed by atoms with Gasteiger partial charge in [0.1, 0.15) is 5.82 Å². The highest BCUT2D eigenvalue weighted by Gasteiger charge is 2.08. The number of halogens is 2. The van der Waals surface area contributed by atoms with Gasteiger partial charge in [0.25, 0.3) is 0 Å². The van der Waals surface area contributed by atoms with Crippen molar-refractivity contribution in [2.75, 3.05) is 0 Å². The first kappa shape index (κ1) is 10.2. The predicted molar refractivity (Wildman–Crippen MR) is 65.5 cm³/mol. The van der Waals surface area contributed by atoms with Gasteiger partial charge in [-0.3, -0.25) is 0 Å². The summed E-state index contributed by atoms with van der Waals surface area (Å²) in [4.78, 5) is 4.50. The normalized spacial score (nSPS) is 11.1. The molecule has 2 rings (SSSR count). The van der Waals surface area contributed by atoms with E-state index in [0.717, 1.165) is 26.8 Å². The molecule has 2 aromatic rings. The van der Waals surface area contributed by atoms with Gasteiger partial charge in [0, 0.05) is 15.5 Å². The molecule has 1 aromatic heterocycles. The lowest BCUT2D eigenvalue weighted by molar-refractivity contribution is 0.753. The Balaban J connectivity index is 2.82. The van der Waals surface area contributed by atoms with Crippen molar-refractivity contribution >= 4 is 42.9 Å². The molecule has 0 atom stereocenters. The third-order valence-corrected chi connectivity index (χ3v) is 4.14. The first-order valence-electron chi connectivity index (χ1n) is 4.45. The second-order valence-corrected chi connectivity index (χ2v) is 4.87. The lowest BCUT2D eigenvalue weighted by Crippen LogP contribution is -1.96. The van der Waals surface area contributed by atoms with E-state index in [1.54, 1.807) is 0 Å². The third-order valence-electron chi connectivity index (χ3n) is 2.30. The summed E-state index contributed by atoms with van der Waals surface area (Å²) in [6.07, 6.45) is 0. The van der Waals surface area contributed by atoms with Crippen LogP contribution in [0.4, 0.5) is 0 Å². The fourth-order valence-electron chi connectivity index (χ4n) is 1.64. The van der Waals surface area contributed by atoms with Crippen LogP contribution in [-0.4, -0.2) is 9.55 Å². The number of rotatable bonds is 1. The van der Waals surface area contributed by atoms with Crippen LogP contribution in [0.1, 0.15) is 12.7 Å². The summed E-state index contributed by atoms with van der Waals surface area (Å²) in [5, 5.41) is 0. The Labute approximate surface area is 99.6 Å². The summed E-state index contributed by atoms with van der Waals surface area (Å²) in [7, 11) is 0. The van der Waals surface area contributed by atoms with E-state index in [1.165, 1.54) is 5.52 Å². The summed E-state index contributed by atoms with van der Waals surface area (Å²) < 4.78 is 4.32. The summed E-state index contributed by atoms with van der Waals surface area (Å²) >= 11 is 6.98. The molecule has 0 aliphatic heterocycles. The smallest absolute Gasteiger partial charge is 0.106 e. The zero-order valence-electron chi connectivity index (χ0n) is 8.01. The molecule has 0 saturated carbocycles. The molecule has 74 valence electrons. The van der Waals surface area contributed by atoms with Gasteiger partial charge in [0.2, 0.25) is 0 Å². The van der Waals surface area contributed by atoms with Gasteiger partial charge < -0.3 is 4.57 Å². The Morgan fingerprint density at radius 2 is 1.93 bits per heavy atom. The molecule has 0 radical (unpaired) electrons. The van der Waals surface area contributed by atoms with E-state index < -0.39 is 0 Å². The van der Waals surface area contributed by atoms with Crippen LogP contribution in [0, 0.1) is 6.92 Å². The fourth-order valence-corrected chi connectivity index (χ4v) is 2.30. The number of hydrogen-bond donors (Lipinski definition) is 0. The van der Waals surface area contributed by atoms with Gasteiger partial charge in [-0.25, -0.2) is 4.98 Å². The predicted octanol–water partition coefficient (Wildman–Crippen LogP) is 3.89. The van der Waals surface area contributed by atoms with Crippen molar-refractivity contribution < 1.29 is 0 Å². The molecule has 0 saturated heterocycles. The molecule has 1 aromatic carbocycles. The number of aromatic nitrogens is 2. The zero-order valence-corrected chi connectivity index (χ0v) is 11.2. The molecule has 1 heterocycles. The number of imidazole rings is 1. The Morgan fingerprint density at radius 1 is 1.29 bits per heavy atom. The van der Waals surface area contributed by atoms with Crippen molar-refractivity contribution in [1.82, 2.24) is 9.55 Å². The van der Waals surface area contributed by atoms with Crippen LogP contribution in [0.2, 0.25) is 0 Å². The van der Waals surface area contributed by atoms with E-state index in [4.69, 9.17) is 0 Å². The minimum Gasteiger partial charge on any atom is -0.328 e. The summed E-state index contributed by atoms with van der Waals surface area (Å²) in [6.45, 7) is 5.12. The molecule has 0 amide bonds. The molecule has 0 unspecified atom stereocenters. The highest BCUT2D eigenvalue weighted by molar-refractivity contribution is 9.13. The van der Waals surface area contributed by atoms with Crippen LogP contribution < -0.4 is 0 Å². The number of nitrogens with zero attached hydrogens (tertiary/aromatic N) is 2. The average Bonchev–Trinajstić information content (AvgIpc) is 2.42. The van der Waals surface area contributed by atoms with Gasteiger partial charge in [-0.1, -0.05) is 0 Å². The van der Waals surface area contributed by atoms with Crippen LogP contribution in [0.25, 0.3) is 11.0 Å². The lowest BCUT2D eigenvalue weighted by Gasteiger charge is -2.02. The molecular formula is C10H10Br2N2. The Morgan fingerprint density at radius 3 is 2.57 bits per heavy atom. The summed E-state index contributed by atoms with van der Waals surface area (Å²) in [5.41, 5.74) is 2.22. The molecule has 0 aliphatic rings. The van der Waals surface area contributed by atoms with Crippen LogP contribution in [0.5, 0.6) is 0 Å². The molecule has 4 heteroatoms. The van der Waals surface area contributed by atoms with Crippen molar-refractivity contribution in [2.45, 2.75) is 20.4 Å². The van der Waals surface area contributed by atoms with Crippen LogP contribution >= 0.6 is 31.9 Å². The second kappa shape index (κ2) is 3.66. The largest absolute Gasteiger partial charge is 0.328 e. The molecule has 0 bridgehead atoms. The maximum Gasteiger partial charge on any atom is 0.106 e. The van der Waals surface area contributed by atoms with Gasteiger partial charge in [0.05, 0.1) is 11.0 Å². The highest BCUT2D eigenvalue weighted by atomic mass is 79.9. The Hall–Kier alpha value is -0.350. The number of hydrogen-bond acceptors (Lipinski definition) is 1. The topological polar surface area (TPSA) is 17.8 Å². The van der Waals surface area contributed by atoms with Crippen LogP contribution in [0.15, 0.2) is 21.1 Å². The maximum absolute atomic E-state index is 4.50. The highest BCUT2D eigenvalue weighted by Crippen LogP contribution is 2.28. The Bertz CT molecular complexity index is 488. The molecule has 0 N–H and O–H groups in total. The first-order valence-corrected chi connectivity index (χ1v) is 6.04. The summed E-state index contributed by atoms with van der Waals surface area (Å²) in [5.74, 6) is 1.06. The fraction of sp³-hybridized carbons (Fsp3) is 0.300. The molecule has 0 aliphatic carbocycles. The van der Waals surface area contributed by atoms with Crippen molar-refractivity contribution in [3.05, 3.63) is 26.9 Å². The SMILES string of the molecule is CCn1c(C)nc2cc(Br)c(Br)cc21. The van der Waals surface area contributed by atoms with Crippen molar-refractivity contribution in [3.63, 3.8) is 0 Å². The monoisotopic (exact) mass is 316 g/mol. The molecule has 0 fully saturated rings. The van der Waals surface area contributed by atoms with Crippen molar-refractivity contribution in [3.8, 4) is 0 Å². The second-order valence-electron chi connectivity index (χ2n) is 3.16. The molecule has 0 spiro atoms. The van der Waals surface area contributed by atoms with E-state index in [1.807, 2.05) is 13.0 Å². The minimum atomic E-state index is 0.955. The minimum absolute atomic E-state index is 0.955. The number of aryl methyl sites for hydroxylation is 2. The Kier molecular flexibility index (Phi) is 2.66. The quantitative estimate of drug-likeness (QED) is 0.780. The van der Waals surface area contributed by atoms with Gasteiger partial charge >= 0.3 is 0 Å². The molecule has 2 nitrogen and oxygen atoms in total. The average molecular weight is 318 g/mol. The van der Waals surface area contributed by atoms with Gasteiger partial charge in [-0.15, -0.1) is 0 Å². The van der Waals surface area contributed by atoms with Crippen molar-refractivity contribution in [1.29, 1.82) is 0 Å². The standard InChI is InChI=1S/C10H10Br2N2/c1-3-14-6(2)13-9-4-7(11)8(12)5-10(9)14/h4-5H,3H2,1-2H3. The molecule has 14 heavy (non-hydrogen) atoms. The van der Waals surface area contributed by atoms with Crippen LogP contribution in [-0.2, 0) is 6.54 Å². The maximum atomic E-state index is 4.50. The zero-order chi connectivity index (χ0) is 10.3. The van der Waals surface area contributed by atoms with Crippen molar-refractivity contribution in [2.24, 2.45) is 0 Å². The summed E-state index contributed by atoms with van der Waals surface area (Å²) in [6, 6.07) is 4.14. The number of fused-ring (bicyclic) bond motifs is 1. The van der Waals surface area contributed by atoms with E-state index in [-0.39, 0.29) is 0 Å². The van der Waals surface area contributed by atoms with Crippen LogP contribution in [0.3, 0.4) is 0 Å². The van der Waals surface area contributed by atoms with E-state index in [0.29, 0.717) is 0 Å². The van der Waals surface area contributed by atoms with Gasteiger partial charge in [0.15, 0.2) is 0 Å². The van der Waals surface area contributed by atoms with E-state index >= 15 is 0 Å². The lowest BCUT2D eigenvalue weighted by atomic mass is 10.3. The van der Waals surface area contributed by atoms with E-state index in [9.17, 15) is 0 Å². The third kappa shape index (κ3) is 1.50. The van der Waals surface area contributed by atoms with Gasteiger partial charge in [-0.2, -0.15) is 0 Å². The number of benzene rings is 1. The first-order chi connectivity index (χ1) is 6.63. The van der Waals surface area contributed by atoms with Gasteiger partial charge in [-0.05, 0) is 57.8 Å².